The zero-order valence-electron chi connectivity index (χ0n) is 29.1. The van der Waals surface area contributed by atoms with E-state index in [9.17, 15) is 28.5 Å². The molecule has 0 heterocycles. The van der Waals surface area contributed by atoms with Gasteiger partial charge >= 0.3 is 241 Å². The third-order valence-corrected chi connectivity index (χ3v) is 20.4. The normalized spacial score (nSPS) is 15.2. The summed E-state index contributed by atoms with van der Waals surface area (Å²) < 4.78 is 42.9. The van der Waals surface area contributed by atoms with Crippen molar-refractivity contribution in [2.45, 2.75) is 50.3 Å². The van der Waals surface area contributed by atoms with E-state index in [4.69, 9.17) is 9.05 Å². The molecule has 0 aliphatic heterocycles. The van der Waals surface area contributed by atoms with Crippen LogP contribution in [0.3, 0.4) is 0 Å². The maximum atomic E-state index is 14.0. The molecule has 47 heavy (non-hydrogen) atoms. The molecule has 0 bridgehead atoms. The summed E-state index contributed by atoms with van der Waals surface area (Å²) in [4.78, 5) is 46.8. The van der Waals surface area contributed by atoms with Gasteiger partial charge in [0.2, 0.25) is 0 Å². The molecule has 2 unspecified atom stereocenters. The number of quaternary nitrogens is 2. The van der Waals surface area contributed by atoms with Crippen molar-refractivity contribution < 1.29 is 55.6 Å². The van der Waals surface area contributed by atoms with Gasteiger partial charge in [0.1, 0.15) is 0 Å². The molecule has 2 aromatic rings. The molecule has 2 N–H and O–H groups in total. The molecular formula is C32H54GeN2O10P2+2. The van der Waals surface area contributed by atoms with Crippen LogP contribution in [0.15, 0.2) is 48.5 Å². The second-order valence-corrected chi connectivity index (χ2v) is 25.7. The van der Waals surface area contributed by atoms with Gasteiger partial charge in [-0.3, -0.25) is 9.05 Å². The Labute approximate surface area is 282 Å². The fourth-order valence-electron chi connectivity index (χ4n) is 5.67. The van der Waals surface area contributed by atoms with Gasteiger partial charge in [-0.2, -0.15) is 0 Å². The molecule has 0 aliphatic rings. The van der Waals surface area contributed by atoms with Crippen molar-refractivity contribution in [3.05, 3.63) is 70.8 Å². The topological polar surface area (TPSA) is 146 Å². The Bertz CT molecular complexity index is 1310. The van der Waals surface area contributed by atoms with E-state index in [0.717, 1.165) is 25.3 Å². The molecule has 2 rings (SSSR count). The van der Waals surface area contributed by atoms with Crippen molar-refractivity contribution in [1.82, 2.24) is 0 Å². The summed E-state index contributed by atoms with van der Waals surface area (Å²) in [7, 11) is 2.53. The molecule has 0 radical (unpaired) electrons. The molecule has 12 nitrogen and oxygen atoms in total. The van der Waals surface area contributed by atoms with E-state index in [1.165, 1.54) is 0 Å². The third kappa shape index (κ3) is 13.0. The first-order valence-corrected chi connectivity index (χ1v) is 23.9. The van der Waals surface area contributed by atoms with Crippen LogP contribution in [0.5, 0.6) is 0 Å². The quantitative estimate of drug-likeness (QED) is 0.0656. The number of rotatable bonds is 22. The average Bonchev–Trinajstić information content (AvgIpc) is 3.02. The Hall–Kier alpha value is -1.54. The van der Waals surface area contributed by atoms with Gasteiger partial charge in [0.05, 0.1) is 0 Å². The molecule has 15 heteroatoms. The maximum absolute atomic E-state index is 14.0. The van der Waals surface area contributed by atoms with Gasteiger partial charge in [-0.25, -0.2) is 9.13 Å². The summed E-state index contributed by atoms with van der Waals surface area (Å²) in [6.45, 7) is 6.93. The molecular weight excluding hydrogens is 707 g/mol. The van der Waals surface area contributed by atoms with Gasteiger partial charge < -0.3 is 9.79 Å². The predicted octanol–water partition coefficient (Wildman–Crippen LogP) is 5.78. The van der Waals surface area contributed by atoms with Crippen LogP contribution in [0.4, 0.5) is 0 Å². The SMILES string of the molecule is C[CH2][Ge]([CH2]C)([C](=O)c1ccc(C[N+](C)(C)CCCOP(=O)(O)OC)cc1)[C](=O)c1ccc(C[N+](C)(C)CCCOP(=O)(O)OC)cc1. The number of carbonyl (C=O) groups is 2. The fourth-order valence-corrected chi connectivity index (χ4v) is 13.8. The number of benzene rings is 2. The number of hydrogen-bond donors (Lipinski definition) is 2. The first-order chi connectivity index (χ1) is 21.8. The van der Waals surface area contributed by atoms with Crippen molar-refractivity contribution >= 4 is 38.1 Å². The number of hydrogen-bond acceptors (Lipinski definition) is 8. The summed E-state index contributed by atoms with van der Waals surface area (Å²) in [5.74, 6) is 0. The number of phosphoric acid groups is 2. The van der Waals surface area contributed by atoms with Gasteiger partial charge in [0.15, 0.2) is 0 Å². The molecule has 2 atom stereocenters. The molecule has 0 amide bonds. The zero-order valence-corrected chi connectivity index (χ0v) is 33.0. The average molecular weight is 761 g/mol. The first-order valence-electron chi connectivity index (χ1n) is 15.8. The van der Waals surface area contributed by atoms with Crippen molar-refractivity contribution in [1.29, 1.82) is 0 Å². The van der Waals surface area contributed by atoms with E-state index >= 15 is 0 Å². The second-order valence-electron chi connectivity index (χ2n) is 13.2. The van der Waals surface area contributed by atoms with Crippen molar-refractivity contribution in [2.24, 2.45) is 0 Å². The summed E-state index contributed by atoms with van der Waals surface area (Å²) in [5.41, 5.74) is 3.24. The van der Waals surface area contributed by atoms with Crippen LogP contribution in [0.25, 0.3) is 0 Å². The van der Waals surface area contributed by atoms with Crippen LogP contribution in [-0.2, 0) is 40.3 Å². The van der Waals surface area contributed by atoms with Gasteiger partial charge in [-0.05, 0) is 0 Å². The Kier molecular flexibility index (Phi) is 15.9. The Morgan fingerprint density at radius 2 is 0.979 bits per heavy atom. The Balaban J connectivity index is 2.07. The number of carbonyl (C=O) groups excluding carboxylic acids is 2. The van der Waals surface area contributed by atoms with E-state index in [1.807, 2.05) is 62.4 Å². The third-order valence-electron chi connectivity index (χ3n) is 8.52. The van der Waals surface area contributed by atoms with Gasteiger partial charge in [0, 0.05) is 14.2 Å². The van der Waals surface area contributed by atoms with Crippen LogP contribution < -0.4 is 0 Å². The van der Waals surface area contributed by atoms with Gasteiger partial charge in [-0.1, -0.05) is 0 Å². The summed E-state index contributed by atoms with van der Waals surface area (Å²) in [6.07, 6.45) is 1.14. The van der Waals surface area contributed by atoms with Gasteiger partial charge in [0.25, 0.3) is 0 Å². The standard InChI is InChI=1S/C32H52GeN2O10P2/c1-9-33(10-2,31(36)29-17-13-27(14-18-29)25-34(3,4)21-11-23-44-46(38,39)42-7)32(37)30-19-15-28(16-20-30)26-35(5,6)22-12-24-45-47(40,41)43-8/h13-20H,9-12,21-26H2,1-8H3/p+2. The van der Waals surface area contributed by atoms with Crippen molar-refractivity contribution in [3.8, 4) is 0 Å². The molecule has 0 saturated carbocycles. The predicted molar refractivity (Wildman–Crippen MR) is 184 cm³/mol. The second kappa shape index (κ2) is 17.9. The number of nitrogens with zero attached hydrogens (tertiary/aromatic N) is 2. The van der Waals surface area contributed by atoms with E-state index < -0.39 is 28.9 Å². The minimum atomic E-state index is -3.98. The Morgan fingerprint density at radius 1 is 0.660 bits per heavy atom. The summed E-state index contributed by atoms with van der Waals surface area (Å²) in [6, 6.07) is 15.1. The van der Waals surface area contributed by atoms with Crippen molar-refractivity contribution in [3.63, 3.8) is 0 Å². The molecule has 0 saturated heterocycles. The minimum absolute atomic E-state index is 0.00554. The summed E-state index contributed by atoms with van der Waals surface area (Å²) in [5, 5.41) is 1.12. The molecule has 0 aliphatic carbocycles. The van der Waals surface area contributed by atoms with E-state index in [-0.39, 0.29) is 22.4 Å². The van der Waals surface area contributed by atoms with Crippen LogP contribution in [0.2, 0.25) is 10.5 Å². The van der Waals surface area contributed by atoms with E-state index in [1.54, 1.807) is 0 Å². The summed E-state index contributed by atoms with van der Waals surface area (Å²) >= 11 is -3.72. The van der Waals surface area contributed by atoms with Crippen LogP contribution >= 0.6 is 15.6 Å². The number of phosphoric ester groups is 2. The molecule has 0 aromatic heterocycles. The van der Waals surface area contributed by atoms with Crippen LogP contribution in [0.1, 0.15) is 58.5 Å². The molecule has 0 fully saturated rings. The van der Waals surface area contributed by atoms with Gasteiger partial charge in [-0.15, -0.1) is 0 Å². The Morgan fingerprint density at radius 3 is 1.26 bits per heavy atom. The molecule has 0 spiro atoms. The zero-order chi connectivity index (χ0) is 35.5. The van der Waals surface area contributed by atoms with E-state index in [0.29, 0.717) is 69.6 Å². The fraction of sp³-hybridized carbons (Fsp3) is 0.562. The van der Waals surface area contributed by atoms with Crippen LogP contribution in [-0.4, -0.2) is 110 Å². The monoisotopic (exact) mass is 762 g/mol. The molecule has 264 valence electrons. The first kappa shape index (κ1) is 41.6. The van der Waals surface area contributed by atoms with Crippen LogP contribution in [0, 0.1) is 0 Å². The van der Waals surface area contributed by atoms with Crippen molar-refractivity contribution in [2.75, 3.05) is 68.7 Å². The molecule has 2 aromatic carbocycles. The van der Waals surface area contributed by atoms with E-state index in [2.05, 4.69) is 37.2 Å².